The maximum Gasteiger partial charge on any atom is 0.0541 e. The van der Waals surface area contributed by atoms with Crippen LogP contribution in [0.5, 0.6) is 0 Å². The Balaban J connectivity index is 1.18. The molecule has 0 bridgehead atoms. The van der Waals surface area contributed by atoms with Gasteiger partial charge in [-0.2, -0.15) is 0 Å². The van der Waals surface area contributed by atoms with E-state index >= 15 is 0 Å². The summed E-state index contributed by atoms with van der Waals surface area (Å²) in [6.07, 6.45) is 0. The van der Waals surface area contributed by atoms with Crippen molar-refractivity contribution in [1.29, 1.82) is 0 Å². The number of benzene rings is 9. The van der Waals surface area contributed by atoms with E-state index in [0.717, 1.165) is 5.69 Å². The Hall–Kier alpha value is -7.16. The monoisotopic (exact) mass is 742 g/mol. The average molecular weight is 743 g/mol. The minimum atomic E-state index is -0.197. The van der Waals surface area contributed by atoms with Crippen LogP contribution in [0.2, 0.25) is 0 Å². The number of aromatic nitrogens is 1. The van der Waals surface area contributed by atoms with Gasteiger partial charge in [0.25, 0.3) is 0 Å². The first-order valence-electron chi connectivity index (χ1n) is 20.3. The number of anilines is 2. The summed E-state index contributed by atoms with van der Waals surface area (Å²) in [4.78, 5) is 2.60. The van der Waals surface area contributed by atoms with E-state index in [9.17, 15) is 0 Å². The number of hydrogen-bond acceptors (Lipinski definition) is 1. The molecule has 1 aliphatic rings. The number of nitrogens with zero attached hydrogens (tertiary/aromatic N) is 2. The highest BCUT2D eigenvalue weighted by Gasteiger charge is 2.38. The molecule has 1 aromatic heterocycles. The summed E-state index contributed by atoms with van der Waals surface area (Å²) in [5.74, 6) is 0. The van der Waals surface area contributed by atoms with E-state index in [-0.39, 0.29) is 5.41 Å². The van der Waals surface area contributed by atoms with Gasteiger partial charge < -0.3 is 9.47 Å². The highest BCUT2D eigenvalue weighted by Crippen LogP contribution is 2.54. The zero-order chi connectivity index (χ0) is 38.8. The topological polar surface area (TPSA) is 8.17 Å². The summed E-state index contributed by atoms with van der Waals surface area (Å²) < 4.78 is 2.45. The van der Waals surface area contributed by atoms with Gasteiger partial charge in [0.2, 0.25) is 0 Å². The van der Waals surface area contributed by atoms with Crippen LogP contribution in [0.15, 0.2) is 206 Å². The van der Waals surface area contributed by atoms with E-state index in [1.165, 1.54) is 94.0 Å². The molecule has 0 saturated heterocycles. The number of fused-ring (bicyclic) bond motifs is 7. The van der Waals surface area contributed by atoms with Gasteiger partial charge in [-0.05, 0) is 91.7 Å². The molecule has 0 aliphatic heterocycles. The van der Waals surface area contributed by atoms with Crippen molar-refractivity contribution in [2.75, 3.05) is 4.90 Å². The van der Waals surface area contributed by atoms with Crippen molar-refractivity contribution in [1.82, 2.24) is 4.57 Å². The standard InChI is InChI=1S/C56H42N2/c1-56(2)50-30-14-10-25-44(50)48-29-18-34-54(55(48)56)57(37-40-22-7-8-23-42(40)38-19-4-3-5-20-38)51-31-15-11-28-47(51)49-36-41(35-39-21-6-9-24-43(39)49)58-52-32-16-12-26-45(52)46-27-13-17-33-53(46)58/h3-36H,37H2,1-2H3. The molecule has 0 atom stereocenters. The molecule has 2 heteroatoms. The summed E-state index contributed by atoms with van der Waals surface area (Å²) in [5.41, 5.74) is 17.3. The maximum absolute atomic E-state index is 2.60. The SMILES string of the molecule is CC1(C)c2ccccc2-c2cccc(N(Cc3ccccc3-c3ccccc3)c3ccccc3-c3cc(-n4c5ccccc5c5ccccc54)cc4ccccc34)c21. The lowest BCUT2D eigenvalue weighted by molar-refractivity contribution is 0.658. The van der Waals surface area contributed by atoms with E-state index < -0.39 is 0 Å². The largest absolute Gasteiger partial charge is 0.336 e. The first-order valence-corrected chi connectivity index (χ1v) is 20.3. The lowest BCUT2D eigenvalue weighted by Gasteiger charge is -2.34. The molecule has 1 heterocycles. The number of rotatable bonds is 7. The van der Waals surface area contributed by atoms with E-state index in [4.69, 9.17) is 0 Å². The lowest BCUT2D eigenvalue weighted by atomic mass is 9.81. The Kier molecular flexibility index (Phi) is 7.94. The molecule has 2 nitrogen and oxygen atoms in total. The van der Waals surface area contributed by atoms with Crippen LogP contribution in [0.25, 0.3) is 71.6 Å². The Bertz CT molecular complexity index is 3130. The van der Waals surface area contributed by atoms with Crippen LogP contribution >= 0.6 is 0 Å². The van der Waals surface area contributed by atoms with Crippen LogP contribution in [0.3, 0.4) is 0 Å². The Morgan fingerprint density at radius 1 is 0.431 bits per heavy atom. The number of hydrogen-bond donors (Lipinski definition) is 0. The molecule has 0 spiro atoms. The summed E-state index contributed by atoms with van der Waals surface area (Å²) in [7, 11) is 0. The van der Waals surface area contributed by atoms with Crippen LogP contribution < -0.4 is 4.90 Å². The van der Waals surface area contributed by atoms with Gasteiger partial charge in [0.05, 0.1) is 11.0 Å². The highest BCUT2D eigenvalue weighted by molar-refractivity contribution is 6.10. The Labute approximate surface area is 339 Å². The molecule has 1 aliphatic carbocycles. The van der Waals surface area contributed by atoms with E-state index in [0.29, 0.717) is 6.54 Å². The third-order valence-corrected chi connectivity index (χ3v) is 12.4. The van der Waals surface area contributed by atoms with E-state index in [2.05, 4.69) is 230 Å². The molecule has 9 aromatic carbocycles. The van der Waals surface area contributed by atoms with Gasteiger partial charge in [0, 0.05) is 45.4 Å². The fraction of sp³-hybridized carbons (Fsp3) is 0.0714. The average Bonchev–Trinajstić information content (AvgIpc) is 3.74. The molecule has 0 unspecified atom stereocenters. The van der Waals surface area contributed by atoms with Crippen molar-refractivity contribution < 1.29 is 0 Å². The minimum absolute atomic E-state index is 0.197. The quantitative estimate of drug-likeness (QED) is 0.158. The third-order valence-electron chi connectivity index (χ3n) is 12.4. The molecule has 0 radical (unpaired) electrons. The Morgan fingerprint density at radius 3 is 1.78 bits per heavy atom. The van der Waals surface area contributed by atoms with Crippen molar-refractivity contribution in [2.45, 2.75) is 25.8 Å². The van der Waals surface area contributed by atoms with Crippen molar-refractivity contribution >= 4 is 44.0 Å². The summed E-state index contributed by atoms with van der Waals surface area (Å²) in [6, 6.07) is 75.9. The van der Waals surface area contributed by atoms with Crippen molar-refractivity contribution in [3.63, 3.8) is 0 Å². The molecule has 58 heavy (non-hydrogen) atoms. The third kappa shape index (κ3) is 5.33. The molecule has 276 valence electrons. The van der Waals surface area contributed by atoms with Crippen molar-refractivity contribution in [3.8, 4) is 39.1 Å². The molecule has 0 amide bonds. The predicted octanol–water partition coefficient (Wildman–Crippen LogP) is 14.9. The fourth-order valence-corrected chi connectivity index (χ4v) is 9.86. The van der Waals surface area contributed by atoms with Gasteiger partial charge in [-0.3, -0.25) is 0 Å². The zero-order valence-electron chi connectivity index (χ0n) is 32.7. The van der Waals surface area contributed by atoms with Gasteiger partial charge in [-0.1, -0.05) is 184 Å². The first-order chi connectivity index (χ1) is 28.6. The van der Waals surface area contributed by atoms with Gasteiger partial charge >= 0.3 is 0 Å². The molecular formula is C56H42N2. The summed E-state index contributed by atoms with van der Waals surface area (Å²) in [5, 5.41) is 4.97. The second-order valence-corrected chi connectivity index (χ2v) is 16.1. The zero-order valence-corrected chi connectivity index (χ0v) is 32.7. The van der Waals surface area contributed by atoms with E-state index in [1.807, 2.05) is 0 Å². The second kappa shape index (κ2) is 13.5. The van der Waals surface area contributed by atoms with Crippen molar-refractivity contribution in [2.24, 2.45) is 0 Å². The first kappa shape index (κ1) is 34.1. The normalized spacial score (nSPS) is 12.9. The maximum atomic E-state index is 2.60. The highest BCUT2D eigenvalue weighted by atomic mass is 15.1. The van der Waals surface area contributed by atoms with Crippen LogP contribution in [0, 0.1) is 0 Å². The van der Waals surface area contributed by atoms with Gasteiger partial charge in [-0.25, -0.2) is 0 Å². The minimum Gasteiger partial charge on any atom is -0.336 e. The number of para-hydroxylation sites is 3. The fourth-order valence-electron chi connectivity index (χ4n) is 9.86. The van der Waals surface area contributed by atoms with Crippen LogP contribution in [-0.4, -0.2) is 4.57 Å². The van der Waals surface area contributed by atoms with E-state index in [1.54, 1.807) is 0 Å². The summed E-state index contributed by atoms with van der Waals surface area (Å²) >= 11 is 0. The molecular weight excluding hydrogens is 701 g/mol. The second-order valence-electron chi connectivity index (χ2n) is 16.1. The van der Waals surface area contributed by atoms with Crippen LogP contribution in [-0.2, 0) is 12.0 Å². The lowest BCUT2D eigenvalue weighted by Crippen LogP contribution is -2.24. The summed E-state index contributed by atoms with van der Waals surface area (Å²) in [6.45, 7) is 5.48. The van der Waals surface area contributed by atoms with Crippen LogP contribution in [0.1, 0.15) is 30.5 Å². The van der Waals surface area contributed by atoms with Gasteiger partial charge in [-0.15, -0.1) is 0 Å². The Morgan fingerprint density at radius 2 is 1.00 bits per heavy atom. The molecule has 10 aromatic rings. The molecule has 0 saturated carbocycles. The van der Waals surface area contributed by atoms with Crippen molar-refractivity contribution in [3.05, 3.63) is 223 Å². The van der Waals surface area contributed by atoms with Gasteiger partial charge in [0.15, 0.2) is 0 Å². The molecule has 0 N–H and O–H groups in total. The molecule has 0 fully saturated rings. The predicted molar refractivity (Wildman–Crippen MR) is 245 cm³/mol. The van der Waals surface area contributed by atoms with Crippen LogP contribution in [0.4, 0.5) is 11.4 Å². The van der Waals surface area contributed by atoms with Gasteiger partial charge in [0.1, 0.15) is 0 Å². The smallest absolute Gasteiger partial charge is 0.0541 e. The molecule has 11 rings (SSSR count).